The highest BCUT2D eigenvalue weighted by Gasteiger charge is 2.23. The lowest BCUT2D eigenvalue weighted by molar-refractivity contribution is 0.588. The van der Waals surface area contributed by atoms with Gasteiger partial charge in [-0.1, -0.05) is 58.0 Å². The largest absolute Gasteiger partial charge is 0.396 e. The fourth-order valence-corrected chi connectivity index (χ4v) is 2.94. The predicted molar refractivity (Wildman–Crippen MR) is 81.3 cm³/mol. The summed E-state index contributed by atoms with van der Waals surface area (Å²) in [5.74, 6) is -1.81. The van der Waals surface area contributed by atoms with Gasteiger partial charge in [0, 0.05) is 17.2 Å². The van der Waals surface area contributed by atoms with Crippen molar-refractivity contribution in [3.8, 4) is 11.1 Å². The monoisotopic (exact) mass is 375 g/mol. The van der Waals surface area contributed by atoms with Crippen molar-refractivity contribution < 1.29 is 8.78 Å². The summed E-state index contributed by atoms with van der Waals surface area (Å²) in [6.07, 6.45) is 0. The van der Waals surface area contributed by atoms with Gasteiger partial charge in [-0.05, 0) is 6.07 Å². The molecule has 0 spiro atoms. The first-order valence-electron chi connectivity index (χ1n) is 5.02. The molecular weight excluding hydrogens is 373 g/mol. The molecule has 0 aliphatic heterocycles. The van der Waals surface area contributed by atoms with Gasteiger partial charge in [-0.25, -0.2) is 8.78 Å². The molecule has 0 saturated carbocycles. The maximum Gasteiger partial charge on any atom is 0.149 e. The van der Waals surface area contributed by atoms with Gasteiger partial charge >= 0.3 is 0 Å². The van der Waals surface area contributed by atoms with Crippen LogP contribution in [0.3, 0.4) is 0 Å². The minimum atomic E-state index is -0.907. The van der Waals surface area contributed by atoms with E-state index in [0.29, 0.717) is 6.07 Å². The molecule has 0 bridgehead atoms. The quantitative estimate of drug-likeness (QED) is 0.343. The van der Waals surface area contributed by atoms with Gasteiger partial charge in [0.1, 0.15) is 11.6 Å². The highest BCUT2D eigenvalue weighted by Crippen LogP contribution is 2.49. The molecule has 8 heteroatoms. The van der Waals surface area contributed by atoms with E-state index in [1.807, 2.05) is 0 Å². The molecule has 0 saturated heterocycles. The molecule has 1 nitrogen and oxygen atoms in total. The van der Waals surface area contributed by atoms with Crippen molar-refractivity contribution >= 4 is 63.7 Å². The van der Waals surface area contributed by atoms with Crippen molar-refractivity contribution in [1.82, 2.24) is 0 Å². The summed E-state index contributed by atoms with van der Waals surface area (Å²) < 4.78 is 27.1. The Morgan fingerprint density at radius 1 is 0.700 bits per heavy atom. The summed E-state index contributed by atoms with van der Waals surface area (Å²) in [4.78, 5) is 0. The fourth-order valence-electron chi connectivity index (χ4n) is 1.60. The summed E-state index contributed by atoms with van der Waals surface area (Å²) in [6, 6.07) is 1.67. The molecular formula is C12H4Cl5F2N. The molecule has 0 atom stereocenters. The second-order valence-corrected chi connectivity index (χ2v) is 5.69. The van der Waals surface area contributed by atoms with Crippen LogP contribution in [0.4, 0.5) is 14.5 Å². The summed E-state index contributed by atoms with van der Waals surface area (Å²) >= 11 is 29.7. The van der Waals surface area contributed by atoms with E-state index < -0.39 is 11.6 Å². The molecule has 0 aromatic heterocycles. The van der Waals surface area contributed by atoms with Gasteiger partial charge in [0.2, 0.25) is 0 Å². The number of rotatable bonds is 1. The Morgan fingerprint density at radius 3 is 1.65 bits per heavy atom. The van der Waals surface area contributed by atoms with Crippen LogP contribution in [0.1, 0.15) is 0 Å². The maximum absolute atomic E-state index is 13.9. The van der Waals surface area contributed by atoms with Gasteiger partial charge in [-0.2, -0.15) is 0 Å². The van der Waals surface area contributed by atoms with E-state index in [4.69, 9.17) is 63.7 Å². The molecule has 2 rings (SSSR count). The first kappa shape index (κ1) is 15.9. The second kappa shape index (κ2) is 5.74. The molecule has 2 N–H and O–H groups in total. The predicted octanol–water partition coefficient (Wildman–Crippen LogP) is 6.48. The SMILES string of the molecule is Nc1cc(-c2c(Cl)c(Cl)c(Cl)c(Cl)c2Cl)c(F)cc1F. The highest BCUT2D eigenvalue weighted by molar-refractivity contribution is 6.56. The smallest absolute Gasteiger partial charge is 0.149 e. The number of hydrogen-bond acceptors (Lipinski definition) is 1. The van der Waals surface area contributed by atoms with Crippen LogP contribution in [0.5, 0.6) is 0 Å². The van der Waals surface area contributed by atoms with E-state index >= 15 is 0 Å². The van der Waals surface area contributed by atoms with Crippen LogP contribution in [0.25, 0.3) is 11.1 Å². The molecule has 0 radical (unpaired) electrons. The van der Waals surface area contributed by atoms with Crippen molar-refractivity contribution in [1.29, 1.82) is 0 Å². The Morgan fingerprint density at radius 2 is 1.15 bits per heavy atom. The number of anilines is 1. The molecule has 20 heavy (non-hydrogen) atoms. The van der Waals surface area contributed by atoms with Crippen LogP contribution in [0.15, 0.2) is 12.1 Å². The van der Waals surface area contributed by atoms with E-state index in [0.717, 1.165) is 6.07 Å². The number of nitrogen functional groups attached to an aromatic ring is 1. The van der Waals surface area contributed by atoms with E-state index in [-0.39, 0.29) is 41.9 Å². The zero-order chi connectivity index (χ0) is 15.2. The van der Waals surface area contributed by atoms with Gasteiger partial charge < -0.3 is 5.73 Å². The molecule has 0 heterocycles. The van der Waals surface area contributed by atoms with Gasteiger partial charge in [0.25, 0.3) is 0 Å². The van der Waals surface area contributed by atoms with Crippen LogP contribution in [-0.2, 0) is 0 Å². The van der Waals surface area contributed by atoms with Crippen LogP contribution >= 0.6 is 58.0 Å². The first-order chi connectivity index (χ1) is 9.25. The van der Waals surface area contributed by atoms with Gasteiger partial charge in [0.15, 0.2) is 0 Å². The third-order valence-corrected chi connectivity index (χ3v) is 4.84. The summed E-state index contributed by atoms with van der Waals surface area (Å²) in [5, 5.41) is -0.422. The second-order valence-electron chi connectivity index (χ2n) is 3.80. The number of nitrogens with two attached hydrogens (primary N) is 1. The van der Waals surface area contributed by atoms with Crippen LogP contribution in [0.2, 0.25) is 25.1 Å². The molecule has 106 valence electrons. The minimum absolute atomic E-state index is 0.00284. The van der Waals surface area contributed by atoms with Crippen LogP contribution in [-0.4, -0.2) is 0 Å². The Labute approximate surface area is 138 Å². The molecule has 0 amide bonds. The standard InChI is InChI=1S/C12H4Cl5F2N/c13-8-7(9(14)11(16)12(17)10(8)15)3-1-6(20)5(19)2-4(3)18/h1-2H,20H2. The highest BCUT2D eigenvalue weighted by atomic mass is 35.5. The molecule has 0 fully saturated rings. The van der Waals surface area contributed by atoms with E-state index in [9.17, 15) is 8.78 Å². The molecule has 0 aliphatic rings. The van der Waals surface area contributed by atoms with E-state index in [1.165, 1.54) is 0 Å². The lowest BCUT2D eigenvalue weighted by Gasteiger charge is -2.14. The first-order valence-corrected chi connectivity index (χ1v) is 6.91. The normalized spacial score (nSPS) is 10.9. The number of benzene rings is 2. The minimum Gasteiger partial charge on any atom is -0.396 e. The third kappa shape index (κ3) is 2.53. The fraction of sp³-hybridized carbons (Fsp3) is 0. The molecule has 0 unspecified atom stereocenters. The van der Waals surface area contributed by atoms with Gasteiger partial charge in [0.05, 0.1) is 30.8 Å². The maximum atomic E-state index is 13.9. The number of hydrogen-bond donors (Lipinski definition) is 1. The van der Waals surface area contributed by atoms with E-state index in [2.05, 4.69) is 0 Å². The summed E-state index contributed by atoms with van der Waals surface area (Å²) in [7, 11) is 0. The van der Waals surface area contributed by atoms with Crippen molar-refractivity contribution in [3.63, 3.8) is 0 Å². The average molecular weight is 377 g/mol. The van der Waals surface area contributed by atoms with Crippen molar-refractivity contribution in [2.45, 2.75) is 0 Å². The van der Waals surface area contributed by atoms with Crippen LogP contribution in [0, 0.1) is 11.6 Å². The third-order valence-electron chi connectivity index (χ3n) is 2.57. The lowest BCUT2D eigenvalue weighted by atomic mass is 10.0. The van der Waals surface area contributed by atoms with Gasteiger partial charge in [-0.15, -0.1) is 0 Å². The lowest BCUT2D eigenvalue weighted by Crippen LogP contribution is -1.96. The van der Waals surface area contributed by atoms with Gasteiger partial charge in [-0.3, -0.25) is 0 Å². The molecule has 0 aliphatic carbocycles. The zero-order valence-electron chi connectivity index (χ0n) is 9.38. The van der Waals surface area contributed by atoms with Crippen molar-refractivity contribution in [2.75, 3.05) is 5.73 Å². The van der Waals surface area contributed by atoms with E-state index in [1.54, 1.807) is 0 Å². The Balaban J connectivity index is 2.87. The Hall–Kier alpha value is -0.450. The summed E-state index contributed by atoms with van der Waals surface area (Å²) in [6.45, 7) is 0. The molecule has 2 aromatic carbocycles. The Kier molecular flexibility index (Phi) is 4.57. The topological polar surface area (TPSA) is 26.0 Å². The Bertz CT molecular complexity index is 689. The number of halogens is 7. The average Bonchev–Trinajstić information content (AvgIpc) is 2.40. The summed E-state index contributed by atoms with van der Waals surface area (Å²) in [5.41, 5.74) is 5.02. The zero-order valence-corrected chi connectivity index (χ0v) is 13.2. The van der Waals surface area contributed by atoms with Crippen molar-refractivity contribution in [3.05, 3.63) is 48.9 Å². The van der Waals surface area contributed by atoms with Crippen LogP contribution < -0.4 is 5.73 Å². The molecule has 2 aromatic rings. The van der Waals surface area contributed by atoms with Crippen molar-refractivity contribution in [2.24, 2.45) is 0 Å².